The molecule has 0 N–H and O–H groups in total. The van der Waals surface area contributed by atoms with Gasteiger partial charge < -0.3 is 9.64 Å². The molecule has 0 saturated carbocycles. The van der Waals surface area contributed by atoms with Crippen molar-refractivity contribution in [1.29, 1.82) is 0 Å². The lowest BCUT2D eigenvalue weighted by Gasteiger charge is -2.25. The molecule has 1 aromatic carbocycles. The molecule has 5 heteroatoms. The average molecular weight is 351 g/mol. The lowest BCUT2D eigenvalue weighted by atomic mass is 10.1. The van der Waals surface area contributed by atoms with Gasteiger partial charge in [-0.2, -0.15) is 0 Å². The minimum Gasteiger partial charge on any atom is -0.444 e. The van der Waals surface area contributed by atoms with Gasteiger partial charge in [-0.25, -0.2) is 4.79 Å². The highest BCUT2D eigenvalue weighted by molar-refractivity contribution is 9.10. The fourth-order valence-corrected chi connectivity index (χ4v) is 2.34. The number of nitrogens with zero attached hydrogens (tertiary/aromatic N) is 2. The lowest BCUT2D eigenvalue weighted by Crippen LogP contribution is -2.33. The van der Waals surface area contributed by atoms with Gasteiger partial charge in [0.2, 0.25) is 0 Å². The average Bonchev–Trinajstić information content (AvgIpc) is 2.37. The second-order valence-corrected chi connectivity index (χ2v) is 6.92. The Morgan fingerprint density at radius 2 is 2.05 bits per heavy atom. The summed E-state index contributed by atoms with van der Waals surface area (Å²) in [6.45, 7) is 6.02. The van der Waals surface area contributed by atoms with E-state index >= 15 is 0 Å². The SMILES string of the molecule is CN(Cc1cncc2ccc(Br)cc12)C(=O)OC(C)(C)C. The summed E-state index contributed by atoms with van der Waals surface area (Å²) in [7, 11) is 1.73. The zero-order valence-corrected chi connectivity index (χ0v) is 14.3. The number of rotatable bonds is 2. The molecule has 21 heavy (non-hydrogen) atoms. The normalized spacial score (nSPS) is 11.5. The number of carbonyl (C=O) groups excluding carboxylic acids is 1. The molecule has 0 saturated heterocycles. The van der Waals surface area contributed by atoms with Gasteiger partial charge in [0.25, 0.3) is 0 Å². The summed E-state index contributed by atoms with van der Waals surface area (Å²) in [6.07, 6.45) is 3.27. The maximum absolute atomic E-state index is 12.0. The highest BCUT2D eigenvalue weighted by Gasteiger charge is 2.20. The zero-order valence-electron chi connectivity index (χ0n) is 12.7. The number of halogens is 1. The van der Waals surface area contributed by atoms with E-state index in [-0.39, 0.29) is 6.09 Å². The minimum atomic E-state index is -0.495. The van der Waals surface area contributed by atoms with Crippen molar-refractivity contribution in [2.45, 2.75) is 32.9 Å². The van der Waals surface area contributed by atoms with E-state index in [4.69, 9.17) is 4.74 Å². The molecule has 0 unspecified atom stereocenters. The summed E-state index contributed by atoms with van der Waals surface area (Å²) in [5.74, 6) is 0. The molecule has 0 radical (unpaired) electrons. The van der Waals surface area contributed by atoms with Gasteiger partial charge in [0.1, 0.15) is 5.60 Å². The number of aromatic nitrogens is 1. The van der Waals surface area contributed by atoms with Gasteiger partial charge in [0.05, 0.1) is 6.54 Å². The monoisotopic (exact) mass is 350 g/mol. The number of hydrogen-bond acceptors (Lipinski definition) is 3. The summed E-state index contributed by atoms with van der Waals surface area (Å²) in [4.78, 5) is 17.8. The van der Waals surface area contributed by atoms with Crippen molar-refractivity contribution in [2.24, 2.45) is 0 Å². The van der Waals surface area contributed by atoms with Crippen LogP contribution in [0.5, 0.6) is 0 Å². The van der Waals surface area contributed by atoms with Crippen LogP contribution in [0.15, 0.2) is 35.1 Å². The van der Waals surface area contributed by atoms with Crippen LogP contribution in [0, 0.1) is 0 Å². The predicted molar refractivity (Wildman–Crippen MR) is 87.1 cm³/mol. The molecule has 1 heterocycles. The molecule has 0 aliphatic heterocycles. The fourth-order valence-electron chi connectivity index (χ4n) is 1.98. The summed E-state index contributed by atoms with van der Waals surface area (Å²) in [5.41, 5.74) is 0.493. The number of pyridine rings is 1. The van der Waals surface area contributed by atoms with Crippen molar-refractivity contribution in [3.05, 3.63) is 40.6 Å². The molecule has 0 spiro atoms. The number of ether oxygens (including phenoxy) is 1. The molecule has 1 amide bonds. The van der Waals surface area contributed by atoms with E-state index in [2.05, 4.69) is 20.9 Å². The topological polar surface area (TPSA) is 42.4 Å². The highest BCUT2D eigenvalue weighted by atomic mass is 79.9. The maximum Gasteiger partial charge on any atom is 0.410 e. The smallest absolute Gasteiger partial charge is 0.410 e. The molecule has 2 rings (SSSR count). The Hall–Kier alpha value is -1.62. The molecule has 0 aliphatic rings. The standard InChI is InChI=1S/C16H19BrN2O2/c1-16(2,3)21-15(20)19(4)10-12-9-18-8-11-5-6-13(17)7-14(11)12/h5-9H,10H2,1-4H3. The van der Waals surface area contributed by atoms with E-state index in [0.717, 1.165) is 20.8 Å². The van der Waals surface area contributed by atoms with Crippen molar-refractivity contribution in [2.75, 3.05) is 7.05 Å². The third kappa shape index (κ3) is 4.17. The molecule has 0 bridgehead atoms. The van der Waals surface area contributed by atoms with E-state index in [1.54, 1.807) is 18.1 Å². The van der Waals surface area contributed by atoms with Crippen LogP contribution in [0.4, 0.5) is 4.79 Å². The molecular formula is C16H19BrN2O2. The van der Waals surface area contributed by atoms with Crippen LogP contribution in [0.3, 0.4) is 0 Å². The second-order valence-electron chi connectivity index (χ2n) is 6.00. The van der Waals surface area contributed by atoms with E-state index in [9.17, 15) is 4.79 Å². The largest absolute Gasteiger partial charge is 0.444 e. The van der Waals surface area contributed by atoms with Crippen LogP contribution in [0.25, 0.3) is 10.8 Å². The lowest BCUT2D eigenvalue weighted by molar-refractivity contribution is 0.0285. The number of fused-ring (bicyclic) bond motifs is 1. The zero-order chi connectivity index (χ0) is 15.6. The van der Waals surface area contributed by atoms with Crippen LogP contribution in [-0.2, 0) is 11.3 Å². The molecule has 0 aliphatic carbocycles. The van der Waals surface area contributed by atoms with Crippen LogP contribution in [0.2, 0.25) is 0 Å². The van der Waals surface area contributed by atoms with E-state index in [1.807, 2.05) is 45.2 Å². The third-order valence-corrected chi connectivity index (χ3v) is 3.41. The first-order valence-electron chi connectivity index (χ1n) is 6.72. The Balaban J connectivity index is 2.23. The Kier molecular flexibility index (Phi) is 4.52. The Bertz CT molecular complexity index is 665. The predicted octanol–water partition coefficient (Wildman–Crippen LogP) is 4.36. The van der Waals surface area contributed by atoms with E-state index in [0.29, 0.717) is 6.54 Å². The first-order chi connectivity index (χ1) is 9.76. The van der Waals surface area contributed by atoms with Gasteiger partial charge in [-0.1, -0.05) is 22.0 Å². The van der Waals surface area contributed by atoms with Crippen molar-refractivity contribution < 1.29 is 9.53 Å². The van der Waals surface area contributed by atoms with Gasteiger partial charge in [-0.05, 0) is 43.9 Å². The summed E-state index contributed by atoms with van der Waals surface area (Å²) < 4.78 is 6.37. The van der Waals surface area contributed by atoms with E-state index < -0.39 is 5.60 Å². The second kappa shape index (κ2) is 6.02. The molecule has 0 atom stereocenters. The molecule has 1 aromatic heterocycles. The summed E-state index contributed by atoms with van der Waals surface area (Å²) >= 11 is 3.48. The van der Waals surface area contributed by atoms with Crippen LogP contribution in [0.1, 0.15) is 26.3 Å². The number of carbonyl (C=O) groups is 1. The Morgan fingerprint density at radius 3 is 2.71 bits per heavy atom. The van der Waals surface area contributed by atoms with Crippen LogP contribution >= 0.6 is 15.9 Å². The first-order valence-corrected chi connectivity index (χ1v) is 7.52. The molecule has 2 aromatic rings. The van der Waals surface area contributed by atoms with Gasteiger partial charge in [0.15, 0.2) is 0 Å². The van der Waals surface area contributed by atoms with E-state index in [1.165, 1.54) is 0 Å². The van der Waals surface area contributed by atoms with Crippen LogP contribution < -0.4 is 0 Å². The quantitative estimate of drug-likeness (QED) is 0.807. The van der Waals surface area contributed by atoms with Crippen molar-refractivity contribution in [3.63, 3.8) is 0 Å². The van der Waals surface area contributed by atoms with Gasteiger partial charge >= 0.3 is 6.09 Å². The maximum atomic E-state index is 12.0. The highest BCUT2D eigenvalue weighted by Crippen LogP contribution is 2.23. The summed E-state index contributed by atoms with van der Waals surface area (Å²) in [5, 5.41) is 2.13. The van der Waals surface area contributed by atoms with Gasteiger partial charge in [-0.15, -0.1) is 0 Å². The molecule has 0 fully saturated rings. The first kappa shape index (κ1) is 15.8. The Labute approximate surface area is 133 Å². The van der Waals surface area contributed by atoms with Gasteiger partial charge in [-0.3, -0.25) is 4.98 Å². The molecule has 4 nitrogen and oxygen atoms in total. The van der Waals surface area contributed by atoms with Crippen molar-refractivity contribution in [3.8, 4) is 0 Å². The Morgan fingerprint density at radius 1 is 1.33 bits per heavy atom. The summed E-state index contributed by atoms with van der Waals surface area (Å²) in [6, 6.07) is 6.02. The van der Waals surface area contributed by atoms with Crippen molar-refractivity contribution in [1.82, 2.24) is 9.88 Å². The number of hydrogen-bond donors (Lipinski definition) is 0. The number of amides is 1. The molecule has 112 valence electrons. The van der Waals surface area contributed by atoms with Crippen LogP contribution in [-0.4, -0.2) is 28.6 Å². The molecular weight excluding hydrogens is 332 g/mol. The van der Waals surface area contributed by atoms with Crippen molar-refractivity contribution >= 4 is 32.8 Å². The minimum absolute atomic E-state index is 0.338. The third-order valence-electron chi connectivity index (χ3n) is 2.92. The van der Waals surface area contributed by atoms with Gasteiger partial charge in [0, 0.05) is 29.3 Å². The fraction of sp³-hybridized carbons (Fsp3) is 0.375. The number of benzene rings is 1.